The molecule has 2 aromatic heterocycles. The van der Waals surface area contributed by atoms with E-state index in [4.69, 9.17) is 4.52 Å². The number of aryl methyl sites for hydroxylation is 2. The van der Waals surface area contributed by atoms with Crippen molar-refractivity contribution in [3.05, 3.63) is 51.8 Å². The van der Waals surface area contributed by atoms with E-state index < -0.39 is 0 Å². The lowest BCUT2D eigenvalue weighted by Gasteiger charge is -2.22. The van der Waals surface area contributed by atoms with Crippen LogP contribution in [-0.2, 0) is 13.6 Å². The Balaban J connectivity index is 1.79. The third-order valence-corrected chi connectivity index (χ3v) is 3.91. The molecule has 1 fully saturated rings. The van der Waals surface area contributed by atoms with E-state index in [1.807, 2.05) is 25.3 Å². The third-order valence-electron chi connectivity index (χ3n) is 3.91. The molecule has 20 heavy (non-hydrogen) atoms. The van der Waals surface area contributed by atoms with Gasteiger partial charge in [0.25, 0.3) is 5.56 Å². The van der Waals surface area contributed by atoms with Gasteiger partial charge in [0, 0.05) is 31.9 Å². The highest BCUT2D eigenvalue weighted by atomic mass is 16.5. The molecule has 0 N–H and O–H groups in total. The summed E-state index contributed by atoms with van der Waals surface area (Å²) in [7, 11) is 1.77. The molecule has 0 spiro atoms. The van der Waals surface area contributed by atoms with Crippen LogP contribution in [0.3, 0.4) is 0 Å². The molecule has 0 bridgehead atoms. The summed E-state index contributed by atoms with van der Waals surface area (Å²) in [4.78, 5) is 14.1. The van der Waals surface area contributed by atoms with E-state index in [-0.39, 0.29) is 5.56 Å². The van der Waals surface area contributed by atoms with Crippen molar-refractivity contribution in [3.63, 3.8) is 0 Å². The molecule has 0 amide bonds. The zero-order valence-electron chi connectivity index (χ0n) is 11.9. The van der Waals surface area contributed by atoms with Crippen molar-refractivity contribution in [2.24, 2.45) is 7.05 Å². The Morgan fingerprint density at radius 2 is 2.30 bits per heavy atom. The number of aromatic nitrogens is 2. The summed E-state index contributed by atoms with van der Waals surface area (Å²) in [5.41, 5.74) is 2.10. The van der Waals surface area contributed by atoms with Crippen LogP contribution in [0.15, 0.2) is 33.7 Å². The summed E-state index contributed by atoms with van der Waals surface area (Å²) in [5.74, 6) is 0.848. The van der Waals surface area contributed by atoms with Crippen molar-refractivity contribution >= 4 is 0 Å². The van der Waals surface area contributed by atoms with Gasteiger partial charge < -0.3 is 9.09 Å². The second kappa shape index (κ2) is 5.25. The topological polar surface area (TPSA) is 51.3 Å². The molecular formula is C15H19N3O2. The smallest absolute Gasteiger partial charge is 0.250 e. The fourth-order valence-electron chi connectivity index (χ4n) is 2.82. The SMILES string of the molecule is Cc1cc(C2CCCN2Cc2ccn(C)c(=O)c2)no1. The Morgan fingerprint density at radius 1 is 1.45 bits per heavy atom. The van der Waals surface area contributed by atoms with Crippen molar-refractivity contribution in [1.29, 1.82) is 0 Å². The predicted molar refractivity (Wildman–Crippen MR) is 75.3 cm³/mol. The molecule has 5 nitrogen and oxygen atoms in total. The fraction of sp³-hybridized carbons (Fsp3) is 0.467. The molecule has 3 heterocycles. The van der Waals surface area contributed by atoms with Crippen LogP contribution in [0.4, 0.5) is 0 Å². The van der Waals surface area contributed by atoms with Crippen molar-refractivity contribution in [3.8, 4) is 0 Å². The van der Waals surface area contributed by atoms with Crippen LogP contribution in [0.5, 0.6) is 0 Å². The molecule has 1 aliphatic rings. The second-order valence-electron chi connectivity index (χ2n) is 5.48. The van der Waals surface area contributed by atoms with Crippen LogP contribution in [0.2, 0.25) is 0 Å². The van der Waals surface area contributed by atoms with E-state index in [2.05, 4.69) is 10.1 Å². The minimum Gasteiger partial charge on any atom is -0.361 e. The quantitative estimate of drug-likeness (QED) is 0.858. The zero-order chi connectivity index (χ0) is 14.1. The summed E-state index contributed by atoms with van der Waals surface area (Å²) in [6.45, 7) is 3.73. The molecular weight excluding hydrogens is 254 g/mol. The van der Waals surface area contributed by atoms with Crippen LogP contribution >= 0.6 is 0 Å². The maximum atomic E-state index is 11.7. The first kappa shape index (κ1) is 13.1. The lowest BCUT2D eigenvalue weighted by Crippen LogP contribution is -2.24. The third kappa shape index (κ3) is 2.54. The first-order valence-electron chi connectivity index (χ1n) is 6.96. The van der Waals surface area contributed by atoms with Crippen molar-refractivity contribution in [1.82, 2.24) is 14.6 Å². The molecule has 106 valence electrons. The molecule has 5 heteroatoms. The number of hydrogen-bond acceptors (Lipinski definition) is 4. The first-order valence-corrected chi connectivity index (χ1v) is 6.96. The van der Waals surface area contributed by atoms with Crippen molar-refractivity contribution in [2.75, 3.05) is 6.54 Å². The molecule has 0 aromatic carbocycles. The number of likely N-dealkylation sites (tertiary alicyclic amines) is 1. The number of hydrogen-bond donors (Lipinski definition) is 0. The van der Waals surface area contributed by atoms with Gasteiger partial charge in [0.2, 0.25) is 0 Å². The standard InChI is InChI=1S/C15H19N3O2/c1-11-8-13(16-20-11)14-4-3-6-18(14)10-12-5-7-17(2)15(19)9-12/h5,7-9,14H,3-4,6,10H2,1-2H3. The van der Waals surface area contributed by atoms with E-state index in [9.17, 15) is 4.79 Å². The van der Waals surface area contributed by atoms with E-state index in [0.717, 1.165) is 42.9 Å². The maximum Gasteiger partial charge on any atom is 0.250 e. The van der Waals surface area contributed by atoms with Crippen LogP contribution in [-0.4, -0.2) is 21.2 Å². The van der Waals surface area contributed by atoms with E-state index in [1.165, 1.54) is 0 Å². The Hall–Kier alpha value is -1.88. The van der Waals surface area contributed by atoms with E-state index in [0.29, 0.717) is 6.04 Å². The molecule has 2 aromatic rings. The van der Waals surface area contributed by atoms with Crippen LogP contribution in [0, 0.1) is 6.92 Å². The van der Waals surface area contributed by atoms with Crippen LogP contribution in [0.25, 0.3) is 0 Å². The predicted octanol–water partition coefficient (Wildman–Crippen LogP) is 2.02. The lowest BCUT2D eigenvalue weighted by molar-refractivity contribution is 0.236. The molecule has 0 aliphatic carbocycles. The van der Waals surface area contributed by atoms with Gasteiger partial charge in [0.15, 0.2) is 0 Å². The summed E-state index contributed by atoms with van der Waals surface area (Å²) < 4.78 is 6.77. The molecule has 3 rings (SSSR count). The molecule has 0 saturated carbocycles. The van der Waals surface area contributed by atoms with E-state index in [1.54, 1.807) is 17.7 Å². The average molecular weight is 273 g/mol. The van der Waals surface area contributed by atoms with Gasteiger partial charge in [-0.05, 0) is 37.9 Å². The highest BCUT2D eigenvalue weighted by Gasteiger charge is 2.28. The van der Waals surface area contributed by atoms with Crippen LogP contribution < -0.4 is 5.56 Å². The maximum absolute atomic E-state index is 11.7. The highest BCUT2D eigenvalue weighted by molar-refractivity contribution is 5.14. The Kier molecular flexibility index (Phi) is 3.44. The second-order valence-corrected chi connectivity index (χ2v) is 5.48. The van der Waals surface area contributed by atoms with Crippen molar-refractivity contribution in [2.45, 2.75) is 32.4 Å². The van der Waals surface area contributed by atoms with E-state index >= 15 is 0 Å². The van der Waals surface area contributed by atoms with Gasteiger partial charge in [-0.25, -0.2) is 0 Å². The molecule has 0 radical (unpaired) electrons. The largest absolute Gasteiger partial charge is 0.361 e. The Bertz CT molecular complexity index is 659. The summed E-state index contributed by atoms with van der Waals surface area (Å²) in [5, 5.41) is 4.14. The van der Waals surface area contributed by atoms with Crippen molar-refractivity contribution < 1.29 is 4.52 Å². The van der Waals surface area contributed by atoms with Crippen LogP contribution in [0.1, 0.15) is 35.9 Å². The lowest BCUT2D eigenvalue weighted by atomic mass is 10.1. The van der Waals surface area contributed by atoms with Gasteiger partial charge >= 0.3 is 0 Å². The number of nitrogens with zero attached hydrogens (tertiary/aromatic N) is 3. The molecule has 1 unspecified atom stereocenters. The van der Waals surface area contributed by atoms with Gasteiger partial charge in [-0.2, -0.15) is 0 Å². The average Bonchev–Trinajstić information content (AvgIpc) is 3.03. The number of rotatable bonds is 3. The summed E-state index contributed by atoms with van der Waals surface area (Å²) in [6, 6.07) is 6.03. The van der Waals surface area contributed by atoms with Gasteiger partial charge in [-0.3, -0.25) is 9.69 Å². The van der Waals surface area contributed by atoms with Gasteiger partial charge in [-0.1, -0.05) is 5.16 Å². The molecule has 1 saturated heterocycles. The minimum atomic E-state index is 0.0375. The Morgan fingerprint density at radius 3 is 3.00 bits per heavy atom. The molecule has 1 atom stereocenters. The fourth-order valence-corrected chi connectivity index (χ4v) is 2.82. The van der Waals surface area contributed by atoms with Gasteiger partial charge in [0.05, 0.1) is 6.04 Å². The zero-order valence-corrected chi connectivity index (χ0v) is 11.9. The monoisotopic (exact) mass is 273 g/mol. The normalized spacial score (nSPS) is 19.6. The minimum absolute atomic E-state index is 0.0375. The summed E-state index contributed by atoms with van der Waals surface area (Å²) in [6.07, 6.45) is 4.07. The Labute approximate surface area is 117 Å². The van der Waals surface area contributed by atoms with Gasteiger partial charge in [0.1, 0.15) is 11.5 Å². The molecule has 1 aliphatic heterocycles. The van der Waals surface area contributed by atoms with Gasteiger partial charge in [-0.15, -0.1) is 0 Å². The number of pyridine rings is 1. The first-order chi connectivity index (χ1) is 9.63. The highest BCUT2D eigenvalue weighted by Crippen LogP contribution is 2.32. The summed E-state index contributed by atoms with van der Waals surface area (Å²) >= 11 is 0.